The van der Waals surface area contributed by atoms with E-state index in [0.29, 0.717) is 11.3 Å². The maximum atomic E-state index is 12.0. The third kappa shape index (κ3) is 4.53. The number of Topliss-reactive ketones (excluding diaryl/α,β-unsaturated/α-hetero) is 1. The SMILES string of the molecule is O=C(COc1ccccc1Br)c1ccc(OC(F)F)cc1. The van der Waals surface area contributed by atoms with Gasteiger partial charge in [-0.25, -0.2) is 0 Å². The van der Waals surface area contributed by atoms with E-state index in [-0.39, 0.29) is 18.1 Å². The molecule has 21 heavy (non-hydrogen) atoms. The molecule has 0 saturated heterocycles. The van der Waals surface area contributed by atoms with E-state index in [9.17, 15) is 13.6 Å². The molecular formula is C15H11BrF2O3. The van der Waals surface area contributed by atoms with Gasteiger partial charge in [0.2, 0.25) is 0 Å². The Morgan fingerprint density at radius 2 is 1.76 bits per heavy atom. The first-order valence-electron chi connectivity index (χ1n) is 6.01. The quantitative estimate of drug-likeness (QED) is 0.723. The van der Waals surface area contributed by atoms with Gasteiger partial charge in [0, 0.05) is 5.56 Å². The molecule has 0 unspecified atom stereocenters. The zero-order valence-corrected chi connectivity index (χ0v) is 12.3. The summed E-state index contributed by atoms with van der Waals surface area (Å²) in [6.07, 6.45) is 0. The van der Waals surface area contributed by atoms with Gasteiger partial charge in [0.25, 0.3) is 0 Å². The zero-order chi connectivity index (χ0) is 15.2. The summed E-state index contributed by atoms with van der Waals surface area (Å²) in [5.74, 6) is 0.311. The number of alkyl halides is 2. The van der Waals surface area contributed by atoms with Gasteiger partial charge in [0.15, 0.2) is 12.4 Å². The Bertz CT molecular complexity index is 615. The summed E-state index contributed by atoms with van der Waals surface area (Å²) < 4.78 is 34.4. The standard InChI is InChI=1S/C15H11BrF2O3/c16-12-3-1-2-4-14(12)20-9-13(19)10-5-7-11(8-6-10)21-15(17)18/h1-8,15H,9H2. The molecule has 0 N–H and O–H groups in total. The summed E-state index contributed by atoms with van der Waals surface area (Å²) in [6, 6.07) is 12.6. The van der Waals surface area contributed by atoms with E-state index in [1.54, 1.807) is 18.2 Å². The lowest BCUT2D eigenvalue weighted by Crippen LogP contribution is -2.12. The first-order chi connectivity index (χ1) is 10.1. The normalized spacial score (nSPS) is 10.5. The molecular weight excluding hydrogens is 346 g/mol. The Kier molecular flexibility index (Phi) is 5.27. The topological polar surface area (TPSA) is 35.5 Å². The van der Waals surface area contributed by atoms with E-state index in [1.165, 1.54) is 24.3 Å². The number of para-hydroxylation sites is 1. The van der Waals surface area contributed by atoms with Gasteiger partial charge in [-0.2, -0.15) is 8.78 Å². The third-order valence-corrected chi connectivity index (χ3v) is 3.25. The first kappa shape index (κ1) is 15.4. The fourth-order valence-electron chi connectivity index (χ4n) is 1.61. The van der Waals surface area contributed by atoms with Gasteiger partial charge >= 0.3 is 6.61 Å². The van der Waals surface area contributed by atoms with Crippen LogP contribution in [-0.2, 0) is 0 Å². The lowest BCUT2D eigenvalue weighted by atomic mass is 10.1. The van der Waals surface area contributed by atoms with Crippen LogP contribution >= 0.6 is 15.9 Å². The van der Waals surface area contributed by atoms with Crippen LogP contribution in [-0.4, -0.2) is 19.0 Å². The summed E-state index contributed by atoms with van der Waals surface area (Å²) in [7, 11) is 0. The van der Waals surface area contributed by atoms with E-state index in [2.05, 4.69) is 20.7 Å². The van der Waals surface area contributed by atoms with Crippen LogP contribution in [0.2, 0.25) is 0 Å². The van der Waals surface area contributed by atoms with Gasteiger partial charge in [-0.05, 0) is 52.3 Å². The summed E-state index contributed by atoms with van der Waals surface area (Å²) in [4.78, 5) is 11.9. The fraction of sp³-hybridized carbons (Fsp3) is 0.133. The summed E-state index contributed by atoms with van der Waals surface area (Å²) >= 11 is 3.31. The zero-order valence-electron chi connectivity index (χ0n) is 10.8. The van der Waals surface area contributed by atoms with Crippen molar-refractivity contribution < 1.29 is 23.0 Å². The highest BCUT2D eigenvalue weighted by Gasteiger charge is 2.10. The minimum absolute atomic E-state index is 0.00766. The Hall–Kier alpha value is -1.95. The van der Waals surface area contributed by atoms with Crippen LogP contribution in [0.3, 0.4) is 0 Å². The van der Waals surface area contributed by atoms with Crippen LogP contribution < -0.4 is 9.47 Å². The van der Waals surface area contributed by atoms with Crippen molar-refractivity contribution in [1.29, 1.82) is 0 Å². The average molecular weight is 357 g/mol. The molecule has 0 aromatic heterocycles. The monoisotopic (exact) mass is 356 g/mol. The van der Waals surface area contributed by atoms with E-state index >= 15 is 0 Å². The van der Waals surface area contributed by atoms with Crippen molar-refractivity contribution in [1.82, 2.24) is 0 Å². The largest absolute Gasteiger partial charge is 0.484 e. The molecule has 2 rings (SSSR count). The second-order valence-corrected chi connectivity index (χ2v) is 4.90. The smallest absolute Gasteiger partial charge is 0.387 e. The molecule has 0 atom stereocenters. The lowest BCUT2D eigenvalue weighted by Gasteiger charge is -2.08. The minimum Gasteiger partial charge on any atom is -0.484 e. The molecule has 0 fully saturated rings. The molecule has 110 valence electrons. The fourth-order valence-corrected chi connectivity index (χ4v) is 2.01. The Labute approximate surface area is 128 Å². The predicted octanol–water partition coefficient (Wildman–Crippen LogP) is 4.31. The Balaban J connectivity index is 1.96. The van der Waals surface area contributed by atoms with E-state index in [4.69, 9.17) is 4.74 Å². The van der Waals surface area contributed by atoms with Gasteiger partial charge in [0.1, 0.15) is 11.5 Å². The number of halogens is 3. The Morgan fingerprint density at radius 1 is 1.10 bits per heavy atom. The van der Waals surface area contributed by atoms with Crippen molar-refractivity contribution in [3.05, 3.63) is 58.6 Å². The maximum absolute atomic E-state index is 12.0. The number of carbonyl (C=O) groups is 1. The van der Waals surface area contributed by atoms with Crippen molar-refractivity contribution in [2.75, 3.05) is 6.61 Å². The maximum Gasteiger partial charge on any atom is 0.387 e. The highest BCUT2D eigenvalue weighted by Crippen LogP contribution is 2.24. The molecule has 0 aliphatic heterocycles. The molecule has 0 aliphatic carbocycles. The molecule has 0 amide bonds. The second kappa shape index (κ2) is 7.17. The number of hydrogen-bond acceptors (Lipinski definition) is 3. The Morgan fingerprint density at radius 3 is 2.38 bits per heavy atom. The van der Waals surface area contributed by atoms with Crippen LogP contribution in [0.4, 0.5) is 8.78 Å². The predicted molar refractivity (Wildman–Crippen MR) is 77.0 cm³/mol. The summed E-state index contributed by atoms with van der Waals surface area (Å²) in [6.45, 7) is -3.03. The number of rotatable bonds is 6. The highest BCUT2D eigenvalue weighted by molar-refractivity contribution is 9.10. The van der Waals surface area contributed by atoms with E-state index < -0.39 is 6.61 Å². The second-order valence-electron chi connectivity index (χ2n) is 4.05. The van der Waals surface area contributed by atoms with Crippen molar-refractivity contribution in [2.45, 2.75) is 6.61 Å². The van der Waals surface area contributed by atoms with Gasteiger partial charge < -0.3 is 9.47 Å². The molecule has 6 heteroatoms. The number of ketones is 1. The molecule has 3 nitrogen and oxygen atoms in total. The number of ether oxygens (including phenoxy) is 2. The molecule has 0 radical (unpaired) electrons. The number of carbonyl (C=O) groups excluding carboxylic acids is 1. The van der Waals surface area contributed by atoms with Crippen molar-refractivity contribution in [3.63, 3.8) is 0 Å². The summed E-state index contributed by atoms with van der Waals surface area (Å²) in [5, 5.41) is 0. The lowest BCUT2D eigenvalue weighted by molar-refractivity contribution is -0.0498. The molecule has 0 saturated carbocycles. The van der Waals surface area contributed by atoms with Gasteiger partial charge in [-0.3, -0.25) is 4.79 Å². The average Bonchev–Trinajstić information content (AvgIpc) is 2.46. The molecule has 2 aromatic rings. The molecule has 2 aromatic carbocycles. The minimum atomic E-state index is -2.88. The van der Waals surface area contributed by atoms with E-state index in [1.807, 2.05) is 6.07 Å². The molecule has 0 aliphatic rings. The van der Waals surface area contributed by atoms with Crippen LogP contribution in [0, 0.1) is 0 Å². The van der Waals surface area contributed by atoms with Crippen LogP contribution in [0.5, 0.6) is 11.5 Å². The number of benzene rings is 2. The van der Waals surface area contributed by atoms with Crippen LogP contribution in [0.1, 0.15) is 10.4 Å². The summed E-state index contributed by atoms with van der Waals surface area (Å²) in [5.41, 5.74) is 0.365. The number of hydrogen-bond donors (Lipinski definition) is 0. The highest BCUT2D eigenvalue weighted by atomic mass is 79.9. The van der Waals surface area contributed by atoms with Crippen molar-refractivity contribution in [2.24, 2.45) is 0 Å². The van der Waals surface area contributed by atoms with Crippen molar-refractivity contribution >= 4 is 21.7 Å². The van der Waals surface area contributed by atoms with Gasteiger partial charge in [-0.1, -0.05) is 12.1 Å². The molecule has 0 heterocycles. The van der Waals surface area contributed by atoms with Crippen LogP contribution in [0.15, 0.2) is 53.0 Å². The van der Waals surface area contributed by atoms with Gasteiger partial charge in [0.05, 0.1) is 4.47 Å². The molecule has 0 bridgehead atoms. The van der Waals surface area contributed by atoms with E-state index in [0.717, 1.165) is 4.47 Å². The van der Waals surface area contributed by atoms with Crippen LogP contribution in [0.25, 0.3) is 0 Å². The van der Waals surface area contributed by atoms with Gasteiger partial charge in [-0.15, -0.1) is 0 Å². The first-order valence-corrected chi connectivity index (χ1v) is 6.81. The third-order valence-electron chi connectivity index (χ3n) is 2.60. The van der Waals surface area contributed by atoms with Crippen molar-refractivity contribution in [3.8, 4) is 11.5 Å². The molecule has 0 spiro atoms.